The number of aromatic nitrogens is 3. The van der Waals surface area contributed by atoms with Crippen molar-refractivity contribution in [3.05, 3.63) is 18.0 Å². The highest BCUT2D eigenvalue weighted by atomic mass is 32.1. The molecule has 6 heteroatoms. The van der Waals surface area contributed by atoms with Crippen molar-refractivity contribution >= 4 is 22.4 Å². The largest absolute Gasteiger partial charge is 0.368 e. The maximum Gasteiger partial charge on any atom is 0.220 e. The van der Waals surface area contributed by atoms with Gasteiger partial charge in [0.1, 0.15) is 0 Å². The normalized spacial score (nSPS) is 10.4. The SMILES string of the molecule is Cc1nc(N(C)C)sc1-c1ccnc(N)n1. The number of thiazole rings is 1. The zero-order valence-electron chi connectivity index (χ0n) is 9.43. The molecule has 84 valence electrons. The molecule has 2 heterocycles. The number of rotatable bonds is 2. The van der Waals surface area contributed by atoms with Crippen LogP contribution in [-0.2, 0) is 0 Å². The van der Waals surface area contributed by atoms with E-state index in [4.69, 9.17) is 5.73 Å². The molecule has 2 rings (SSSR count). The van der Waals surface area contributed by atoms with Crippen molar-refractivity contribution < 1.29 is 0 Å². The van der Waals surface area contributed by atoms with Crippen LogP contribution in [0.5, 0.6) is 0 Å². The summed E-state index contributed by atoms with van der Waals surface area (Å²) < 4.78 is 0. The van der Waals surface area contributed by atoms with Crippen molar-refractivity contribution in [2.45, 2.75) is 6.92 Å². The van der Waals surface area contributed by atoms with Gasteiger partial charge < -0.3 is 10.6 Å². The topological polar surface area (TPSA) is 67.9 Å². The highest BCUT2D eigenvalue weighted by molar-refractivity contribution is 7.19. The van der Waals surface area contributed by atoms with Crippen molar-refractivity contribution in [1.82, 2.24) is 15.0 Å². The van der Waals surface area contributed by atoms with Gasteiger partial charge in [-0.3, -0.25) is 0 Å². The van der Waals surface area contributed by atoms with E-state index in [1.807, 2.05) is 32.0 Å². The Labute approximate surface area is 98.0 Å². The average molecular weight is 235 g/mol. The predicted molar refractivity (Wildman–Crippen MR) is 66.6 cm³/mol. The molecule has 0 saturated carbocycles. The van der Waals surface area contributed by atoms with Gasteiger partial charge >= 0.3 is 0 Å². The van der Waals surface area contributed by atoms with Gasteiger partial charge in [-0.1, -0.05) is 11.3 Å². The Bertz CT molecular complexity index is 506. The molecule has 0 bridgehead atoms. The van der Waals surface area contributed by atoms with Crippen LogP contribution < -0.4 is 10.6 Å². The van der Waals surface area contributed by atoms with E-state index in [-0.39, 0.29) is 5.95 Å². The first-order valence-electron chi connectivity index (χ1n) is 4.81. The maximum atomic E-state index is 5.56. The summed E-state index contributed by atoms with van der Waals surface area (Å²) in [7, 11) is 3.94. The summed E-state index contributed by atoms with van der Waals surface area (Å²) in [5.41, 5.74) is 7.36. The van der Waals surface area contributed by atoms with Gasteiger partial charge in [-0.15, -0.1) is 0 Å². The zero-order chi connectivity index (χ0) is 11.7. The van der Waals surface area contributed by atoms with Crippen LogP contribution in [0, 0.1) is 6.92 Å². The fourth-order valence-corrected chi connectivity index (χ4v) is 2.27. The molecule has 5 nitrogen and oxygen atoms in total. The monoisotopic (exact) mass is 235 g/mol. The molecule has 2 N–H and O–H groups in total. The third-order valence-corrected chi connectivity index (χ3v) is 3.42. The molecule has 0 amide bonds. The third-order valence-electron chi connectivity index (χ3n) is 2.07. The molecule has 16 heavy (non-hydrogen) atoms. The number of nitrogens with two attached hydrogens (primary N) is 1. The van der Waals surface area contributed by atoms with Crippen LogP contribution in [-0.4, -0.2) is 29.0 Å². The highest BCUT2D eigenvalue weighted by Crippen LogP contribution is 2.32. The number of nitrogen functional groups attached to an aromatic ring is 1. The van der Waals surface area contributed by atoms with E-state index in [0.29, 0.717) is 0 Å². The molecule has 0 spiro atoms. The second-order valence-corrected chi connectivity index (χ2v) is 4.58. The number of aryl methyl sites for hydroxylation is 1. The molecular weight excluding hydrogens is 222 g/mol. The summed E-state index contributed by atoms with van der Waals surface area (Å²) in [4.78, 5) is 15.5. The molecule has 0 aliphatic heterocycles. The smallest absolute Gasteiger partial charge is 0.220 e. The van der Waals surface area contributed by atoms with Crippen molar-refractivity contribution in [2.75, 3.05) is 24.7 Å². The molecule has 0 radical (unpaired) electrons. The van der Waals surface area contributed by atoms with Crippen molar-refractivity contribution in [1.29, 1.82) is 0 Å². The Hall–Kier alpha value is -1.69. The summed E-state index contributed by atoms with van der Waals surface area (Å²) in [6.07, 6.45) is 1.66. The quantitative estimate of drug-likeness (QED) is 0.855. The Morgan fingerprint density at radius 2 is 2.06 bits per heavy atom. The van der Waals surface area contributed by atoms with E-state index in [1.54, 1.807) is 17.5 Å². The zero-order valence-corrected chi connectivity index (χ0v) is 10.2. The second-order valence-electron chi connectivity index (χ2n) is 3.61. The molecule has 0 saturated heterocycles. The fourth-order valence-electron chi connectivity index (χ4n) is 1.31. The van der Waals surface area contributed by atoms with E-state index in [2.05, 4.69) is 15.0 Å². The molecule has 0 aliphatic rings. The van der Waals surface area contributed by atoms with Crippen LogP contribution in [0.25, 0.3) is 10.6 Å². The van der Waals surface area contributed by atoms with E-state index < -0.39 is 0 Å². The first-order valence-corrected chi connectivity index (χ1v) is 5.63. The van der Waals surface area contributed by atoms with Gasteiger partial charge in [0.05, 0.1) is 16.3 Å². The van der Waals surface area contributed by atoms with Gasteiger partial charge in [-0.25, -0.2) is 15.0 Å². The lowest BCUT2D eigenvalue weighted by molar-refractivity contribution is 1.09. The van der Waals surface area contributed by atoms with Gasteiger partial charge in [0.25, 0.3) is 0 Å². The second kappa shape index (κ2) is 4.05. The molecule has 2 aromatic rings. The Kier molecular flexibility index (Phi) is 2.74. The molecule has 0 atom stereocenters. The number of hydrogen-bond donors (Lipinski definition) is 1. The molecule has 0 aromatic carbocycles. The van der Waals surface area contributed by atoms with E-state index in [1.165, 1.54) is 0 Å². The molecular formula is C10H13N5S. The Morgan fingerprint density at radius 3 is 2.62 bits per heavy atom. The maximum absolute atomic E-state index is 5.56. The molecule has 2 aromatic heterocycles. The van der Waals surface area contributed by atoms with Crippen LogP contribution >= 0.6 is 11.3 Å². The summed E-state index contributed by atoms with van der Waals surface area (Å²) in [6.45, 7) is 1.97. The molecule has 0 fully saturated rings. The van der Waals surface area contributed by atoms with Crippen molar-refractivity contribution in [3.63, 3.8) is 0 Å². The van der Waals surface area contributed by atoms with Crippen LogP contribution in [0.15, 0.2) is 12.3 Å². The van der Waals surface area contributed by atoms with Gasteiger partial charge in [0.15, 0.2) is 5.13 Å². The van der Waals surface area contributed by atoms with E-state index in [0.717, 1.165) is 21.4 Å². The van der Waals surface area contributed by atoms with Crippen molar-refractivity contribution in [2.24, 2.45) is 0 Å². The van der Waals surface area contributed by atoms with Gasteiger partial charge in [-0.05, 0) is 13.0 Å². The lowest BCUT2D eigenvalue weighted by atomic mass is 10.3. The third kappa shape index (κ3) is 1.96. The summed E-state index contributed by atoms with van der Waals surface area (Å²) in [5.74, 6) is 0.289. The van der Waals surface area contributed by atoms with E-state index in [9.17, 15) is 0 Å². The standard InChI is InChI=1S/C10H13N5S/c1-6-8(16-10(13-6)15(2)3)7-4-5-12-9(11)14-7/h4-5H,1-3H3,(H2,11,12,14). The predicted octanol–water partition coefficient (Wildman–Crippen LogP) is 1.56. The van der Waals surface area contributed by atoms with E-state index >= 15 is 0 Å². The first-order chi connectivity index (χ1) is 7.58. The van der Waals surface area contributed by atoms with Gasteiger partial charge in [-0.2, -0.15) is 0 Å². The minimum Gasteiger partial charge on any atom is -0.368 e. The lowest BCUT2D eigenvalue weighted by Crippen LogP contribution is -2.07. The number of hydrogen-bond acceptors (Lipinski definition) is 6. The summed E-state index contributed by atoms with van der Waals surface area (Å²) in [5, 5.41) is 0.963. The van der Waals surface area contributed by atoms with Gasteiger partial charge in [0, 0.05) is 20.3 Å². The van der Waals surface area contributed by atoms with Crippen LogP contribution in [0.2, 0.25) is 0 Å². The highest BCUT2D eigenvalue weighted by Gasteiger charge is 2.12. The number of nitrogens with zero attached hydrogens (tertiary/aromatic N) is 4. The Balaban J connectivity index is 2.48. The molecule has 0 unspecified atom stereocenters. The van der Waals surface area contributed by atoms with Crippen LogP contribution in [0.4, 0.5) is 11.1 Å². The van der Waals surface area contributed by atoms with Crippen molar-refractivity contribution in [3.8, 4) is 10.6 Å². The lowest BCUT2D eigenvalue weighted by Gasteiger charge is -2.05. The van der Waals surface area contributed by atoms with Crippen LogP contribution in [0.1, 0.15) is 5.69 Å². The first kappa shape index (κ1) is 10.8. The van der Waals surface area contributed by atoms with Crippen LogP contribution in [0.3, 0.4) is 0 Å². The molecule has 0 aliphatic carbocycles. The Morgan fingerprint density at radius 1 is 1.31 bits per heavy atom. The number of anilines is 2. The summed E-state index contributed by atoms with van der Waals surface area (Å²) >= 11 is 1.60. The average Bonchev–Trinajstić information content (AvgIpc) is 2.60. The minimum atomic E-state index is 0.289. The fraction of sp³-hybridized carbons (Fsp3) is 0.300. The minimum absolute atomic E-state index is 0.289. The summed E-state index contributed by atoms with van der Waals surface area (Å²) in [6, 6.07) is 1.84. The van der Waals surface area contributed by atoms with Gasteiger partial charge in [0.2, 0.25) is 5.95 Å².